The number of nitrogens with zero attached hydrogens (tertiary/aromatic N) is 1. The van der Waals surface area contributed by atoms with Crippen LogP contribution in [-0.4, -0.2) is 30.8 Å². The molecule has 14 heavy (non-hydrogen) atoms. The summed E-state index contributed by atoms with van der Waals surface area (Å²) in [6, 6.07) is 5.10. The Bertz CT molecular complexity index is 274. The molecule has 0 amide bonds. The predicted octanol–water partition coefficient (Wildman–Crippen LogP) is 1.27. The van der Waals surface area contributed by atoms with Gasteiger partial charge in [-0.1, -0.05) is 6.07 Å². The summed E-state index contributed by atoms with van der Waals surface area (Å²) in [6.45, 7) is 3.21. The summed E-state index contributed by atoms with van der Waals surface area (Å²) >= 11 is 0. The predicted molar refractivity (Wildman–Crippen MR) is 51.0 cm³/mol. The summed E-state index contributed by atoms with van der Waals surface area (Å²) in [5, 5.41) is 0. The SMILES string of the molecule is CCOCCOC(=O)c1ccccn1. The largest absolute Gasteiger partial charge is 0.459 e. The Hall–Kier alpha value is -1.42. The Labute approximate surface area is 82.9 Å². The quantitative estimate of drug-likeness (QED) is 0.524. The highest BCUT2D eigenvalue weighted by atomic mass is 16.6. The lowest BCUT2D eigenvalue weighted by Crippen LogP contribution is -2.11. The van der Waals surface area contributed by atoms with Crippen LogP contribution >= 0.6 is 0 Å². The van der Waals surface area contributed by atoms with Crippen LogP contribution in [0.1, 0.15) is 17.4 Å². The van der Waals surface area contributed by atoms with E-state index in [1.165, 1.54) is 0 Å². The van der Waals surface area contributed by atoms with Gasteiger partial charge in [-0.25, -0.2) is 9.78 Å². The highest BCUT2D eigenvalue weighted by Crippen LogP contribution is 1.96. The Balaban J connectivity index is 2.29. The van der Waals surface area contributed by atoms with Crippen LogP contribution in [-0.2, 0) is 9.47 Å². The average molecular weight is 195 g/mol. The zero-order valence-electron chi connectivity index (χ0n) is 8.10. The molecule has 4 nitrogen and oxygen atoms in total. The van der Waals surface area contributed by atoms with Gasteiger partial charge in [0.15, 0.2) is 0 Å². The zero-order valence-corrected chi connectivity index (χ0v) is 8.10. The van der Waals surface area contributed by atoms with E-state index in [9.17, 15) is 4.79 Å². The topological polar surface area (TPSA) is 48.4 Å². The van der Waals surface area contributed by atoms with Crippen molar-refractivity contribution in [1.29, 1.82) is 0 Å². The van der Waals surface area contributed by atoms with Crippen LogP contribution in [0.4, 0.5) is 0 Å². The molecule has 0 radical (unpaired) electrons. The second-order valence-electron chi connectivity index (χ2n) is 2.55. The molecule has 0 bridgehead atoms. The van der Waals surface area contributed by atoms with Gasteiger partial charge in [0.25, 0.3) is 0 Å². The van der Waals surface area contributed by atoms with E-state index in [-0.39, 0.29) is 6.61 Å². The molecule has 0 saturated carbocycles. The molecule has 1 aromatic heterocycles. The number of aromatic nitrogens is 1. The summed E-state index contributed by atoms with van der Waals surface area (Å²) in [5.74, 6) is -0.412. The van der Waals surface area contributed by atoms with Crippen LogP contribution in [0, 0.1) is 0 Å². The molecule has 0 fully saturated rings. The smallest absolute Gasteiger partial charge is 0.356 e. The van der Waals surface area contributed by atoms with Crippen LogP contribution < -0.4 is 0 Å². The summed E-state index contributed by atoms with van der Waals surface area (Å²) < 4.78 is 9.93. The van der Waals surface area contributed by atoms with E-state index in [2.05, 4.69) is 4.98 Å². The van der Waals surface area contributed by atoms with Gasteiger partial charge in [-0.3, -0.25) is 0 Å². The number of hydrogen-bond donors (Lipinski definition) is 0. The van der Waals surface area contributed by atoms with Gasteiger partial charge in [0, 0.05) is 12.8 Å². The lowest BCUT2D eigenvalue weighted by Gasteiger charge is -2.03. The summed E-state index contributed by atoms with van der Waals surface area (Å²) in [4.78, 5) is 15.1. The van der Waals surface area contributed by atoms with E-state index in [1.54, 1.807) is 24.4 Å². The molecule has 0 aromatic carbocycles. The number of hydrogen-bond acceptors (Lipinski definition) is 4. The first-order valence-corrected chi connectivity index (χ1v) is 4.50. The molecule has 4 heteroatoms. The fourth-order valence-corrected chi connectivity index (χ4v) is 0.895. The van der Waals surface area contributed by atoms with Crippen molar-refractivity contribution in [3.63, 3.8) is 0 Å². The maximum Gasteiger partial charge on any atom is 0.356 e. The number of pyridine rings is 1. The maximum atomic E-state index is 11.3. The van der Waals surface area contributed by atoms with E-state index in [0.29, 0.717) is 18.9 Å². The van der Waals surface area contributed by atoms with Crippen LogP contribution in [0.15, 0.2) is 24.4 Å². The minimum Gasteiger partial charge on any atom is -0.459 e. The highest BCUT2D eigenvalue weighted by molar-refractivity contribution is 5.87. The Kier molecular flexibility index (Phi) is 4.64. The molecule has 1 aromatic rings. The van der Waals surface area contributed by atoms with Gasteiger partial charge in [-0.15, -0.1) is 0 Å². The monoisotopic (exact) mass is 195 g/mol. The summed E-state index contributed by atoms with van der Waals surface area (Å²) in [6.07, 6.45) is 1.55. The van der Waals surface area contributed by atoms with Gasteiger partial charge in [-0.05, 0) is 19.1 Å². The molecular weight excluding hydrogens is 182 g/mol. The second-order valence-corrected chi connectivity index (χ2v) is 2.55. The van der Waals surface area contributed by atoms with Crippen molar-refractivity contribution in [2.24, 2.45) is 0 Å². The summed E-state index contributed by atoms with van der Waals surface area (Å²) in [7, 11) is 0. The van der Waals surface area contributed by atoms with Crippen LogP contribution in [0.25, 0.3) is 0 Å². The zero-order chi connectivity index (χ0) is 10.2. The molecule has 0 spiro atoms. The van der Waals surface area contributed by atoms with Crippen molar-refractivity contribution < 1.29 is 14.3 Å². The molecule has 1 heterocycles. The third kappa shape index (κ3) is 3.53. The number of carbonyl (C=O) groups excluding carboxylic acids is 1. The molecule has 0 aliphatic heterocycles. The maximum absolute atomic E-state index is 11.3. The van der Waals surface area contributed by atoms with Gasteiger partial charge >= 0.3 is 5.97 Å². The summed E-state index contributed by atoms with van der Waals surface area (Å²) in [5.41, 5.74) is 0.323. The van der Waals surface area contributed by atoms with Crippen LogP contribution in [0.3, 0.4) is 0 Å². The Morgan fingerprint density at radius 3 is 2.93 bits per heavy atom. The molecule has 0 aliphatic carbocycles. The van der Waals surface area contributed by atoms with Gasteiger partial charge in [-0.2, -0.15) is 0 Å². The van der Waals surface area contributed by atoms with E-state index in [0.717, 1.165) is 0 Å². The van der Waals surface area contributed by atoms with Crippen molar-refractivity contribution in [3.05, 3.63) is 30.1 Å². The molecule has 76 valence electrons. The van der Waals surface area contributed by atoms with Crippen molar-refractivity contribution in [3.8, 4) is 0 Å². The molecule has 1 rings (SSSR count). The van der Waals surface area contributed by atoms with Crippen molar-refractivity contribution in [2.75, 3.05) is 19.8 Å². The lowest BCUT2D eigenvalue weighted by molar-refractivity contribution is 0.0329. The minimum absolute atomic E-state index is 0.267. The van der Waals surface area contributed by atoms with E-state index in [1.807, 2.05) is 6.92 Å². The average Bonchev–Trinajstić information content (AvgIpc) is 2.25. The van der Waals surface area contributed by atoms with Gasteiger partial charge in [0.2, 0.25) is 0 Å². The van der Waals surface area contributed by atoms with Crippen LogP contribution in [0.5, 0.6) is 0 Å². The molecule has 0 saturated heterocycles. The fraction of sp³-hybridized carbons (Fsp3) is 0.400. The minimum atomic E-state index is -0.412. The Morgan fingerprint density at radius 1 is 1.43 bits per heavy atom. The van der Waals surface area contributed by atoms with Gasteiger partial charge in [0.1, 0.15) is 12.3 Å². The fourth-order valence-electron chi connectivity index (χ4n) is 0.895. The molecule has 0 N–H and O–H groups in total. The van der Waals surface area contributed by atoms with Crippen molar-refractivity contribution >= 4 is 5.97 Å². The van der Waals surface area contributed by atoms with Crippen molar-refractivity contribution in [2.45, 2.75) is 6.92 Å². The number of carbonyl (C=O) groups is 1. The van der Waals surface area contributed by atoms with Crippen molar-refractivity contribution in [1.82, 2.24) is 4.98 Å². The molecule has 0 atom stereocenters. The van der Waals surface area contributed by atoms with E-state index >= 15 is 0 Å². The van der Waals surface area contributed by atoms with Gasteiger partial charge < -0.3 is 9.47 Å². The number of esters is 1. The van der Waals surface area contributed by atoms with E-state index in [4.69, 9.17) is 9.47 Å². The standard InChI is InChI=1S/C10H13NO3/c1-2-13-7-8-14-10(12)9-5-3-4-6-11-9/h3-6H,2,7-8H2,1H3. The number of rotatable bonds is 5. The number of ether oxygens (including phenoxy) is 2. The first-order chi connectivity index (χ1) is 6.84. The Morgan fingerprint density at radius 2 is 2.29 bits per heavy atom. The molecule has 0 unspecified atom stereocenters. The normalized spacial score (nSPS) is 9.79. The molecule has 0 aliphatic rings. The first-order valence-electron chi connectivity index (χ1n) is 4.50. The van der Waals surface area contributed by atoms with Crippen LogP contribution in [0.2, 0.25) is 0 Å². The third-order valence-electron chi connectivity index (χ3n) is 1.54. The first kappa shape index (κ1) is 10.7. The van der Waals surface area contributed by atoms with Gasteiger partial charge in [0.05, 0.1) is 6.61 Å². The second kappa shape index (κ2) is 6.10. The lowest BCUT2D eigenvalue weighted by atomic mass is 10.4. The third-order valence-corrected chi connectivity index (χ3v) is 1.54. The highest BCUT2D eigenvalue weighted by Gasteiger charge is 2.06. The molecular formula is C10H13NO3. The van der Waals surface area contributed by atoms with E-state index < -0.39 is 5.97 Å².